The van der Waals surface area contributed by atoms with E-state index in [1.54, 1.807) is 6.20 Å². The van der Waals surface area contributed by atoms with Crippen LogP contribution in [0.3, 0.4) is 0 Å². The molecule has 0 spiro atoms. The molecule has 1 heterocycles. The van der Waals surface area contributed by atoms with Crippen LogP contribution in [0.1, 0.15) is 38.1 Å². The van der Waals surface area contributed by atoms with Crippen molar-refractivity contribution in [1.29, 1.82) is 0 Å². The maximum atomic E-state index is 11.3. The molecule has 5 heteroatoms. The van der Waals surface area contributed by atoms with Crippen molar-refractivity contribution in [3.05, 3.63) is 17.6 Å². The normalized spacial score (nSPS) is 11.3. The van der Waals surface area contributed by atoms with E-state index in [4.69, 9.17) is 0 Å². The van der Waals surface area contributed by atoms with Crippen molar-refractivity contribution in [1.82, 2.24) is 9.97 Å². The summed E-state index contributed by atoms with van der Waals surface area (Å²) in [6.07, 6.45) is 2.56. The second kappa shape index (κ2) is 5.12. The standard InChI is InChI=1S/C12H19N3O2/c1-5-12(6-2,11(16)17)15-10-7-13-8(3)9(4)14-10/h7H,5-6H2,1-4H3,(H,14,15)(H,16,17). The van der Waals surface area contributed by atoms with Crippen LogP contribution in [-0.2, 0) is 4.79 Å². The Morgan fingerprint density at radius 2 is 1.94 bits per heavy atom. The molecule has 1 aromatic heterocycles. The molecule has 0 aromatic carbocycles. The highest BCUT2D eigenvalue weighted by molar-refractivity contribution is 5.82. The predicted molar refractivity (Wildman–Crippen MR) is 66.1 cm³/mol. The largest absolute Gasteiger partial charge is 0.480 e. The van der Waals surface area contributed by atoms with Crippen LogP contribution in [0.25, 0.3) is 0 Å². The third-order valence-electron chi connectivity index (χ3n) is 3.18. The van der Waals surface area contributed by atoms with E-state index in [-0.39, 0.29) is 0 Å². The molecule has 2 N–H and O–H groups in total. The molecule has 0 atom stereocenters. The summed E-state index contributed by atoms with van der Waals surface area (Å²) in [5, 5.41) is 12.3. The van der Waals surface area contributed by atoms with Gasteiger partial charge in [-0.15, -0.1) is 0 Å². The maximum absolute atomic E-state index is 11.3. The van der Waals surface area contributed by atoms with E-state index in [2.05, 4.69) is 15.3 Å². The van der Waals surface area contributed by atoms with E-state index < -0.39 is 11.5 Å². The van der Waals surface area contributed by atoms with Crippen LogP contribution >= 0.6 is 0 Å². The minimum atomic E-state index is -0.962. The van der Waals surface area contributed by atoms with Gasteiger partial charge in [0.1, 0.15) is 11.4 Å². The summed E-state index contributed by atoms with van der Waals surface area (Å²) >= 11 is 0. The number of aromatic nitrogens is 2. The average molecular weight is 237 g/mol. The van der Waals surface area contributed by atoms with Crippen LogP contribution in [0.4, 0.5) is 5.82 Å². The fourth-order valence-corrected chi connectivity index (χ4v) is 1.63. The fourth-order valence-electron chi connectivity index (χ4n) is 1.63. The van der Waals surface area contributed by atoms with Gasteiger partial charge in [0.25, 0.3) is 0 Å². The van der Waals surface area contributed by atoms with Crippen LogP contribution in [-0.4, -0.2) is 26.6 Å². The lowest BCUT2D eigenvalue weighted by atomic mass is 9.93. The zero-order valence-corrected chi connectivity index (χ0v) is 10.7. The van der Waals surface area contributed by atoms with Gasteiger partial charge in [0.2, 0.25) is 0 Å². The molecular formula is C12H19N3O2. The van der Waals surface area contributed by atoms with E-state index >= 15 is 0 Å². The Kier molecular flexibility index (Phi) is 4.04. The second-order valence-corrected chi connectivity index (χ2v) is 4.15. The van der Waals surface area contributed by atoms with Crippen LogP contribution in [0.15, 0.2) is 6.20 Å². The number of nitrogens with zero attached hydrogens (tertiary/aromatic N) is 2. The molecule has 0 saturated heterocycles. The van der Waals surface area contributed by atoms with E-state index in [1.165, 1.54) is 0 Å². The second-order valence-electron chi connectivity index (χ2n) is 4.15. The lowest BCUT2D eigenvalue weighted by Crippen LogP contribution is -2.45. The van der Waals surface area contributed by atoms with Gasteiger partial charge in [0, 0.05) is 0 Å². The SMILES string of the molecule is CCC(CC)(Nc1cnc(C)c(C)n1)C(=O)O. The van der Waals surface area contributed by atoms with Gasteiger partial charge >= 0.3 is 5.97 Å². The van der Waals surface area contributed by atoms with Gasteiger partial charge in [-0.3, -0.25) is 4.98 Å². The van der Waals surface area contributed by atoms with Crippen molar-refractivity contribution in [2.45, 2.75) is 46.1 Å². The summed E-state index contributed by atoms with van der Waals surface area (Å²) in [6.45, 7) is 7.42. The number of anilines is 1. The predicted octanol–water partition coefficient (Wildman–Crippen LogP) is 2.15. The highest BCUT2D eigenvalue weighted by Crippen LogP contribution is 2.21. The molecule has 0 bridgehead atoms. The minimum absolute atomic E-state index is 0.493. The van der Waals surface area contributed by atoms with Gasteiger partial charge < -0.3 is 10.4 Å². The molecule has 0 radical (unpaired) electrons. The molecule has 0 aliphatic heterocycles. The Morgan fingerprint density at radius 1 is 1.35 bits per heavy atom. The van der Waals surface area contributed by atoms with E-state index in [0.717, 1.165) is 11.4 Å². The lowest BCUT2D eigenvalue weighted by Gasteiger charge is -2.28. The molecule has 1 rings (SSSR count). The molecule has 0 unspecified atom stereocenters. The number of aliphatic carboxylic acids is 1. The number of carboxylic acid groups (broad SMARTS) is 1. The lowest BCUT2D eigenvalue weighted by molar-refractivity contribution is -0.142. The van der Waals surface area contributed by atoms with Gasteiger partial charge in [0.05, 0.1) is 17.6 Å². The smallest absolute Gasteiger partial charge is 0.329 e. The Bertz CT molecular complexity index is 414. The van der Waals surface area contributed by atoms with Gasteiger partial charge in [-0.1, -0.05) is 13.8 Å². The molecule has 5 nitrogen and oxygen atoms in total. The molecule has 0 aliphatic carbocycles. The summed E-state index contributed by atoms with van der Waals surface area (Å²) in [4.78, 5) is 19.8. The first-order chi connectivity index (χ1) is 7.95. The number of hydrogen-bond acceptors (Lipinski definition) is 4. The van der Waals surface area contributed by atoms with Crippen LogP contribution in [0, 0.1) is 13.8 Å². The first-order valence-corrected chi connectivity index (χ1v) is 5.77. The molecule has 1 aromatic rings. The third-order valence-corrected chi connectivity index (χ3v) is 3.18. The van der Waals surface area contributed by atoms with Crippen LogP contribution in [0.5, 0.6) is 0 Å². The Labute approximate surface area is 101 Å². The molecule has 0 amide bonds. The van der Waals surface area contributed by atoms with E-state index in [1.807, 2.05) is 27.7 Å². The Balaban J connectivity index is 3.01. The molecular weight excluding hydrogens is 218 g/mol. The first kappa shape index (κ1) is 13.4. The molecule has 0 saturated carbocycles. The number of nitrogens with one attached hydrogen (secondary N) is 1. The van der Waals surface area contributed by atoms with Crippen molar-refractivity contribution in [3.63, 3.8) is 0 Å². The van der Waals surface area contributed by atoms with Crippen molar-refractivity contribution in [3.8, 4) is 0 Å². The van der Waals surface area contributed by atoms with Crippen molar-refractivity contribution in [2.24, 2.45) is 0 Å². The number of carbonyl (C=O) groups is 1. The molecule has 0 aliphatic rings. The number of hydrogen-bond donors (Lipinski definition) is 2. The Morgan fingerprint density at radius 3 is 2.35 bits per heavy atom. The first-order valence-electron chi connectivity index (χ1n) is 5.77. The van der Waals surface area contributed by atoms with Crippen LogP contribution in [0.2, 0.25) is 0 Å². The number of rotatable bonds is 5. The van der Waals surface area contributed by atoms with Gasteiger partial charge in [0.15, 0.2) is 0 Å². The summed E-state index contributed by atoms with van der Waals surface area (Å²) < 4.78 is 0. The highest BCUT2D eigenvalue weighted by atomic mass is 16.4. The van der Waals surface area contributed by atoms with Crippen molar-refractivity contribution < 1.29 is 9.90 Å². The van der Waals surface area contributed by atoms with Gasteiger partial charge in [-0.25, -0.2) is 9.78 Å². The van der Waals surface area contributed by atoms with Gasteiger partial charge in [-0.05, 0) is 26.7 Å². The number of carboxylic acids is 1. The summed E-state index contributed by atoms with van der Waals surface area (Å²) in [7, 11) is 0. The number of aryl methyl sites for hydroxylation is 2. The highest BCUT2D eigenvalue weighted by Gasteiger charge is 2.35. The summed E-state index contributed by atoms with van der Waals surface area (Å²) in [5.74, 6) is -0.346. The fraction of sp³-hybridized carbons (Fsp3) is 0.583. The topological polar surface area (TPSA) is 75.1 Å². The zero-order chi connectivity index (χ0) is 13.1. The van der Waals surface area contributed by atoms with Crippen molar-refractivity contribution >= 4 is 11.8 Å². The summed E-state index contributed by atoms with van der Waals surface area (Å²) in [5.41, 5.74) is 0.696. The quantitative estimate of drug-likeness (QED) is 0.820. The van der Waals surface area contributed by atoms with Crippen LogP contribution < -0.4 is 5.32 Å². The molecule has 94 valence electrons. The average Bonchev–Trinajstić information content (AvgIpc) is 2.30. The molecule has 0 fully saturated rings. The molecule has 17 heavy (non-hydrogen) atoms. The van der Waals surface area contributed by atoms with E-state index in [9.17, 15) is 9.90 Å². The van der Waals surface area contributed by atoms with Crippen molar-refractivity contribution in [2.75, 3.05) is 5.32 Å². The zero-order valence-electron chi connectivity index (χ0n) is 10.7. The maximum Gasteiger partial charge on any atom is 0.329 e. The minimum Gasteiger partial charge on any atom is -0.480 e. The third kappa shape index (κ3) is 2.72. The summed E-state index contributed by atoms with van der Waals surface area (Å²) in [6, 6.07) is 0. The van der Waals surface area contributed by atoms with Gasteiger partial charge in [-0.2, -0.15) is 0 Å². The monoisotopic (exact) mass is 237 g/mol. The Hall–Kier alpha value is -1.65. The van der Waals surface area contributed by atoms with E-state index in [0.29, 0.717) is 18.7 Å².